The van der Waals surface area contributed by atoms with Crippen molar-refractivity contribution in [1.29, 1.82) is 0 Å². The van der Waals surface area contributed by atoms with E-state index in [0.717, 1.165) is 15.8 Å². The highest BCUT2D eigenvalue weighted by molar-refractivity contribution is 7.17. The van der Waals surface area contributed by atoms with Gasteiger partial charge in [0.15, 0.2) is 0 Å². The van der Waals surface area contributed by atoms with E-state index in [1.54, 1.807) is 24.5 Å². The van der Waals surface area contributed by atoms with Gasteiger partial charge in [-0.3, -0.25) is 4.98 Å². The zero-order valence-electron chi connectivity index (χ0n) is 12.1. The predicted octanol–water partition coefficient (Wildman–Crippen LogP) is 3.47. The van der Waals surface area contributed by atoms with Crippen LogP contribution in [0.25, 0.3) is 21.6 Å². The first-order valence-electron chi connectivity index (χ1n) is 6.91. The Labute approximate surface area is 126 Å². The number of aromatic nitrogens is 3. The fraction of sp³-hybridized carbons (Fsp3) is 0.400. The summed E-state index contributed by atoms with van der Waals surface area (Å²) in [6.07, 6.45) is 1.22. The van der Waals surface area contributed by atoms with E-state index in [1.807, 2.05) is 31.4 Å². The van der Waals surface area contributed by atoms with Crippen molar-refractivity contribution in [2.75, 3.05) is 0 Å². The summed E-state index contributed by atoms with van der Waals surface area (Å²) >= 11 is 1.63. The third-order valence-electron chi connectivity index (χ3n) is 3.53. The maximum atomic E-state index is 9.89. The number of fused-ring (bicyclic) bond motifs is 1. The second-order valence-electron chi connectivity index (χ2n) is 5.49. The van der Waals surface area contributed by atoms with Gasteiger partial charge in [0.05, 0.1) is 22.2 Å². The molecule has 21 heavy (non-hydrogen) atoms. The standard InChI is InChI=1S/C15H17N3O2S/c1-8(2)13(9(3)19)15-17-14(18-20-15)10-6-12-11(16-7-10)4-5-21-12/h4-9,13,19H,1-3H3. The lowest BCUT2D eigenvalue weighted by atomic mass is 9.91. The molecule has 0 aliphatic heterocycles. The van der Waals surface area contributed by atoms with Gasteiger partial charge in [-0.25, -0.2) is 0 Å². The Hall–Kier alpha value is -1.79. The number of hydrogen-bond acceptors (Lipinski definition) is 6. The topological polar surface area (TPSA) is 72.0 Å². The molecular weight excluding hydrogens is 286 g/mol. The summed E-state index contributed by atoms with van der Waals surface area (Å²) < 4.78 is 6.44. The van der Waals surface area contributed by atoms with Gasteiger partial charge in [0, 0.05) is 11.8 Å². The first-order valence-corrected chi connectivity index (χ1v) is 7.79. The molecule has 3 rings (SSSR count). The van der Waals surface area contributed by atoms with Gasteiger partial charge in [-0.1, -0.05) is 19.0 Å². The molecule has 3 heterocycles. The van der Waals surface area contributed by atoms with Crippen LogP contribution in [0.1, 0.15) is 32.6 Å². The summed E-state index contributed by atoms with van der Waals surface area (Å²) in [4.78, 5) is 8.82. The molecule has 0 aliphatic rings. The van der Waals surface area contributed by atoms with E-state index in [9.17, 15) is 5.11 Å². The van der Waals surface area contributed by atoms with Crippen molar-refractivity contribution < 1.29 is 9.63 Å². The van der Waals surface area contributed by atoms with E-state index in [2.05, 4.69) is 15.1 Å². The number of nitrogens with zero attached hydrogens (tertiary/aromatic N) is 3. The highest BCUT2D eigenvalue weighted by atomic mass is 32.1. The molecule has 3 aromatic rings. The molecule has 110 valence electrons. The maximum absolute atomic E-state index is 9.89. The lowest BCUT2D eigenvalue weighted by Gasteiger charge is -2.19. The van der Waals surface area contributed by atoms with E-state index in [4.69, 9.17) is 4.52 Å². The van der Waals surface area contributed by atoms with Crippen LogP contribution in [0.3, 0.4) is 0 Å². The van der Waals surface area contributed by atoms with Crippen LogP contribution in [-0.4, -0.2) is 26.3 Å². The van der Waals surface area contributed by atoms with E-state index in [1.165, 1.54) is 0 Å². The minimum Gasteiger partial charge on any atom is -0.393 e. The van der Waals surface area contributed by atoms with Gasteiger partial charge in [0.1, 0.15) is 0 Å². The van der Waals surface area contributed by atoms with Gasteiger partial charge in [-0.15, -0.1) is 11.3 Å². The summed E-state index contributed by atoms with van der Waals surface area (Å²) in [7, 11) is 0. The second-order valence-corrected chi connectivity index (χ2v) is 6.44. The maximum Gasteiger partial charge on any atom is 0.232 e. The number of aliphatic hydroxyl groups is 1. The first-order chi connectivity index (χ1) is 10.1. The van der Waals surface area contributed by atoms with Crippen molar-refractivity contribution in [3.05, 3.63) is 29.6 Å². The van der Waals surface area contributed by atoms with Gasteiger partial charge in [-0.05, 0) is 30.4 Å². The van der Waals surface area contributed by atoms with Crippen LogP contribution >= 0.6 is 11.3 Å². The number of rotatable bonds is 4. The molecule has 2 unspecified atom stereocenters. The van der Waals surface area contributed by atoms with Crippen LogP contribution in [-0.2, 0) is 0 Å². The highest BCUT2D eigenvalue weighted by Gasteiger charge is 2.27. The van der Waals surface area contributed by atoms with Crippen molar-refractivity contribution in [2.24, 2.45) is 5.92 Å². The van der Waals surface area contributed by atoms with Crippen molar-refractivity contribution in [2.45, 2.75) is 32.8 Å². The van der Waals surface area contributed by atoms with E-state index < -0.39 is 6.10 Å². The average Bonchev–Trinajstić information content (AvgIpc) is 3.05. The molecule has 0 bridgehead atoms. The first kappa shape index (κ1) is 14.2. The zero-order chi connectivity index (χ0) is 15.0. The number of thiophene rings is 1. The largest absolute Gasteiger partial charge is 0.393 e. The highest BCUT2D eigenvalue weighted by Crippen LogP contribution is 2.29. The number of hydrogen-bond donors (Lipinski definition) is 1. The van der Waals surface area contributed by atoms with Crippen LogP contribution in [0.15, 0.2) is 28.2 Å². The Bertz CT molecular complexity index is 740. The smallest absolute Gasteiger partial charge is 0.232 e. The molecule has 0 saturated carbocycles. The summed E-state index contributed by atoms with van der Waals surface area (Å²) in [5.41, 5.74) is 1.80. The minimum absolute atomic E-state index is 0.162. The normalized spacial score (nSPS) is 14.7. The van der Waals surface area contributed by atoms with Crippen LogP contribution in [0, 0.1) is 5.92 Å². The molecule has 0 radical (unpaired) electrons. The predicted molar refractivity (Wildman–Crippen MR) is 82.2 cm³/mol. The fourth-order valence-electron chi connectivity index (χ4n) is 2.51. The molecule has 0 aliphatic carbocycles. The molecule has 3 aromatic heterocycles. The molecule has 6 heteroatoms. The van der Waals surface area contributed by atoms with Crippen molar-refractivity contribution in [3.63, 3.8) is 0 Å². The van der Waals surface area contributed by atoms with Gasteiger partial charge in [0.25, 0.3) is 0 Å². The Balaban J connectivity index is 1.96. The molecular formula is C15H17N3O2S. The van der Waals surface area contributed by atoms with Crippen LogP contribution in [0.2, 0.25) is 0 Å². The summed E-state index contributed by atoms with van der Waals surface area (Å²) in [6, 6.07) is 3.99. The monoisotopic (exact) mass is 303 g/mol. The van der Waals surface area contributed by atoms with Crippen LogP contribution in [0.4, 0.5) is 0 Å². The summed E-state index contributed by atoms with van der Waals surface area (Å²) in [6.45, 7) is 5.80. The Kier molecular flexibility index (Phi) is 3.73. The molecule has 2 atom stereocenters. The van der Waals surface area contributed by atoms with Gasteiger partial charge >= 0.3 is 0 Å². The van der Waals surface area contributed by atoms with E-state index >= 15 is 0 Å². The fourth-order valence-corrected chi connectivity index (χ4v) is 3.29. The zero-order valence-corrected chi connectivity index (χ0v) is 13.0. The average molecular weight is 303 g/mol. The number of aliphatic hydroxyl groups excluding tert-OH is 1. The summed E-state index contributed by atoms with van der Waals surface area (Å²) in [5.74, 6) is 1.04. The van der Waals surface area contributed by atoms with Gasteiger partial charge in [-0.2, -0.15) is 4.98 Å². The summed E-state index contributed by atoms with van der Waals surface area (Å²) in [5, 5.41) is 15.9. The Morgan fingerprint density at radius 3 is 2.81 bits per heavy atom. The van der Waals surface area contributed by atoms with Crippen LogP contribution < -0.4 is 0 Å². The third-order valence-corrected chi connectivity index (χ3v) is 4.38. The molecule has 0 spiro atoms. The Morgan fingerprint density at radius 1 is 1.29 bits per heavy atom. The Morgan fingerprint density at radius 2 is 2.10 bits per heavy atom. The third kappa shape index (κ3) is 2.69. The van der Waals surface area contributed by atoms with Crippen molar-refractivity contribution in [3.8, 4) is 11.4 Å². The van der Waals surface area contributed by atoms with E-state index in [0.29, 0.717) is 11.7 Å². The van der Waals surface area contributed by atoms with E-state index in [-0.39, 0.29) is 11.8 Å². The van der Waals surface area contributed by atoms with Crippen molar-refractivity contribution >= 4 is 21.6 Å². The minimum atomic E-state index is -0.531. The van der Waals surface area contributed by atoms with Gasteiger partial charge in [0.2, 0.25) is 11.7 Å². The lowest BCUT2D eigenvalue weighted by Crippen LogP contribution is -2.20. The molecule has 0 saturated heterocycles. The number of pyridine rings is 1. The molecule has 0 fully saturated rings. The molecule has 0 aromatic carbocycles. The SMILES string of the molecule is CC(C)C(c1nc(-c2cnc3ccsc3c2)no1)C(C)O. The van der Waals surface area contributed by atoms with Crippen molar-refractivity contribution in [1.82, 2.24) is 15.1 Å². The molecule has 1 N–H and O–H groups in total. The quantitative estimate of drug-likeness (QED) is 0.799. The van der Waals surface area contributed by atoms with Crippen LogP contribution in [0.5, 0.6) is 0 Å². The molecule has 0 amide bonds. The second kappa shape index (κ2) is 5.54. The van der Waals surface area contributed by atoms with Gasteiger partial charge < -0.3 is 9.63 Å². The lowest BCUT2D eigenvalue weighted by molar-refractivity contribution is 0.120. The molecule has 5 nitrogen and oxygen atoms in total.